The molecule has 6 heteroatoms. The number of anilines is 1. The number of urea groups is 1. The summed E-state index contributed by atoms with van der Waals surface area (Å²) < 4.78 is 13.8. The Hall–Kier alpha value is -1.40. The largest absolute Gasteiger partial charge is 0.323 e. The van der Waals surface area contributed by atoms with Crippen LogP contribution in [0, 0.1) is 5.82 Å². The molecule has 0 saturated heterocycles. The number of rotatable bonds is 3. The number of hydrogen-bond donors (Lipinski definition) is 1. The van der Waals surface area contributed by atoms with Gasteiger partial charge < -0.3 is 10.2 Å². The summed E-state index contributed by atoms with van der Waals surface area (Å²) in [6.07, 6.45) is 0. The molecule has 1 aromatic heterocycles. The van der Waals surface area contributed by atoms with Gasteiger partial charge in [-0.1, -0.05) is 0 Å². The van der Waals surface area contributed by atoms with Crippen LogP contribution in [0.4, 0.5) is 14.9 Å². The number of nitrogens with zero attached hydrogens (tertiary/aromatic N) is 1. The normalized spacial score (nSPS) is 10.3. The van der Waals surface area contributed by atoms with E-state index in [1.165, 1.54) is 24.3 Å². The fourth-order valence-electron chi connectivity index (χ4n) is 1.53. The third-order valence-corrected chi connectivity index (χ3v) is 4.04. The number of nitrogens with one attached hydrogen (secondary N) is 1. The number of benzene rings is 1. The molecule has 0 atom stereocenters. The highest BCUT2D eigenvalue weighted by molar-refractivity contribution is 9.11. The van der Waals surface area contributed by atoms with Crippen molar-refractivity contribution in [1.82, 2.24) is 4.90 Å². The van der Waals surface area contributed by atoms with Crippen LogP contribution in [0.25, 0.3) is 0 Å². The first-order valence-corrected chi connectivity index (χ1v) is 7.22. The van der Waals surface area contributed by atoms with Crippen molar-refractivity contribution in [2.24, 2.45) is 0 Å². The van der Waals surface area contributed by atoms with Gasteiger partial charge in [0.1, 0.15) is 5.82 Å². The first-order valence-electron chi connectivity index (χ1n) is 5.55. The Kier molecular flexibility index (Phi) is 4.55. The van der Waals surface area contributed by atoms with Gasteiger partial charge in [-0.2, -0.15) is 0 Å². The first kappa shape index (κ1) is 14.0. The summed E-state index contributed by atoms with van der Waals surface area (Å²) in [5, 5.41) is 4.70. The predicted octanol–water partition coefficient (Wildman–Crippen LogP) is 4.31. The van der Waals surface area contributed by atoms with Crippen LogP contribution in [-0.4, -0.2) is 18.0 Å². The van der Waals surface area contributed by atoms with Crippen LogP contribution in [0.5, 0.6) is 0 Å². The maximum absolute atomic E-state index is 12.7. The molecule has 0 fully saturated rings. The van der Waals surface area contributed by atoms with E-state index in [-0.39, 0.29) is 11.8 Å². The van der Waals surface area contributed by atoms with Crippen LogP contribution >= 0.6 is 27.3 Å². The van der Waals surface area contributed by atoms with E-state index in [2.05, 4.69) is 21.2 Å². The van der Waals surface area contributed by atoms with Crippen LogP contribution in [0.3, 0.4) is 0 Å². The molecule has 0 saturated carbocycles. The molecule has 1 N–H and O–H groups in total. The highest BCUT2D eigenvalue weighted by Gasteiger charge is 2.10. The number of carbonyl (C=O) groups is 1. The molecular formula is C13H12BrFN2OS. The van der Waals surface area contributed by atoms with E-state index in [4.69, 9.17) is 0 Å². The number of halogens is 2. The Morgan fingerprint density at radius 2 is 2.11 bits per heavy atom. The van der Waals surface area contributed by atoms with Gasteiger partial charge in [0.2, 0.25) is 0 Å². The van der Waals surface area contributed by atoms with E-state index in [9.17, 15) is 9.18 Å². The van der Waals surface area contributed by atoms with Crippen molar-refractivity contribution >= 4 is 39.0 Å². The smallest absolute Gasteiger partial charge is 0.321 e. The van der Waals surface area contributed by atoms with Gasteiger partial charge in [0, 0.05) is 19.3 Å². The van der Waals surface area contributed by atoms with E-state index in [0.29, 0.717) is 12.2 Å². The highest BCUT2D eigenvalue weighted by Crippen LogP contribution is 2.21. The second-order valence-electron chi connectivity index (χ2n) is 4.05. The van der Waals surface area contributed by atoms with Gasteiger partial charge in [-0.05, 0) is 57.2 Å². The van der Waals surface area contributed by atoms with Crippen LogP contribution in [0.2, 0.25) is 0 Å². The Labute approximate surface area is 123 Å². The van der Waals surface area contributed by atoms with Gasteiger partial charge in [-0.25, -0.2) is 9.18 Å². The third kappa shape index (κ3) is 4.04. The Morgan fingerprint density at radius 3 is 2.68 bits per heavy atom. The average Bonchev–Trinajstić information content (AvgIpc) is 2.77. The molecule has 0 radical (unpaired) electrons. The molecule has 0 aliphatic heterocycles. The molecule has 19 heavy (non-hydrogen) atoms. The van der Waals surface area contributed by atoms with Gasteiger partial charge in [0.05, 0.1) is 3.79 Å². The highest BCUT2D eigenvalue weighted by atomic mass is 79.9. The summed E-state index contributed by atoms with van der Waals surface area (Å²) in [4.78, 5) is 13.5. The van der Waals surface area contributed by atoms with Crippen molar-refractivity contribution in [1.29, 1.82) is 0 Å². The van der Waals surface area contributed by atoms with E-state index in [0.717, 1.165) is 9.35 Å². The minimum Gasteiger partial charge on any atom is -0.323 e. The van der Waals surface area contributed by atoms with E-state index in [1.807, 2.05) is 11.4 Å². The topological polar surface area (TPSA) is 32.3 Å². The van der Waals surface area contributed by atoms with Crippen molar-refractivity contribution < 1.29 is 9.18 Å². The summed E-state index contributed by atoms with van der Waals surface area (Å²) in [6, 6.07) is 7.43. The van der Waals surface area contributed by atoms with Crippen molar-refractivity contribution in [3.8, 4) is 0 Å². The molecule has 1 heterocycles. The summed E-state index contributed by atoms with van der Waals surface area (Å²) in [6.45, 7) is 0.523. The lowest BCUT2D eigenvalue weighted by atomic mass is 10.3. The van der Waals surface area contributed by atoms with Crippen LogP contribution < -0.4 is 5.32 Å². The maximum atomic E-state index is 12.7. The van der Waals surface area contributed by atoms with Gasteiger partial charge >= 0.3 is 6.03 Å². The van der Waals surface area contributed by atoms with Crippen molar-refractivity contribution in [2.75, 3.05) is 12.4 Å². The predicted molar refractivity (Wildman–Crippen MR) is 78.9 cm³/mol. The number of thiophene rings is 1. The molecule has 2 aromatic rings. The van der Waals surface area contributed by atoms with Gasteiger partial charge in [0.15, 0.2) is 0 Å². The lowest BCUT2D eigenvalue weighted by molar-refractivity contribution is 0.221. The van der Waals surface area contributed by atoms with E-state index >= 15 is 0 Å². The van der Waals surface area contributed by atoms with Gasteiger partial charge in [-0.15, -0.1) is 11.3 Å². The Bertz CT molecular complexity index is 570. The maximum Gasteiger partial charge on any atom is 0.321 e. The summed E-state index contributed by atoms with van der Waals surface area (Å²) in [5.41, 5.74) is 1.64. The molecular weight excluding hydrogens is 331 g/mol. The first-order chi connectivity index (χ1) is 9.04. The van der Waals surface area contributed by atoms with Crippen LogP contribution in [0.1, 0.15) is 5.56 Å². The average molecular weight is 343 g/mol. The molecule has 3 nitrogen and oxygen atoms in total. The van der Waals surface area contributed by atoms with Crippen molar-refractivity contribution in [2.45, 2.75) is 6.54 Å². The fourth-order valence-corrected chi connectivity index (χ4v) is 2.73. The molecule has 1 aromatic carbocycles. The Morgan fingerprint density at radius 1 is 1.42 bits per heavy atom. The monoisotopic (exact) mass is 342 g/mol. The Balaban J connectivity index is 1.94. The summed E-state index contributed by atoms with van der Waals surface area (Å²) in [7, 11) is 1.71. The van der Waals surface area contributed by atoms with E-state index in [1.54, 1.807) is 23.3 Å². The zero-order valence-electron chi connectivity index (χ0n) is 10.2. The van der Waals surface area contributed by atoms with E-state index < -0.39 is 0 Å². The SMILES string of the molecule is CN(Cc1csc(Br)c1)C(=O)Nc1ccc(F)cc1. The summed E-state index contributed by atoms with van der Waals surface area (Å²) >= 11 is 4.96. The molecule has 100 valence electrons. The van der Waals surface area contributed by atoms with Gasteiger partial charge in [-0.3, -0.25) is 0 Å². The zero-order valence-corrected chi connectivity index (χ0v) is 12.6. The number of hydrogen-bond acceptors (Lipinski definition) is 2. The molecule has 0 aliphatic rings. The van der Waals surface area contributed by atoms with Crippen molar-refractivity contribution in [3.05, 3.63) is 50.9 Å². The fraction of sp³-hybridized carbons (Fsp3) is 0.154. The molecule has 2 rings (SSSR count). The molecule has 2 amide bonds. The summed E-state index contributed by atoms with van der Waals surface area (Å²) in [5.74, 6) is -0.325. The minimum absolute atomic E-state index is 0.228. The third-order valence-electron chi connectivity index (χ3n) is 2.48. The molecule has 0 spiro atoms. The van der Waals surface area contributed by atoms with Crippen LogP contribution in [0.15, 0.2) is 39.5 Å². The lowest BCUT2D eigenvalue weighted by Crippen LogP contribution is -2.30. The number of amides is 2. The standard InChI is InChI=1S/C13H12BrFN2OS/c1-17(7-9-6-12(14)19-8-9)13(18)16-11-4-2-10(15)3-5-11/h2-6,8H,7H2,1H3,(H,16,18). The second-order valence-corrected chi connectivity index (χ2v) is 6.34. The lowest BCUT2D eigenvalue weighted by Gasteiger charge is -2.17. The van der Waals surface area contributed by atoms with Crippen LogP contribution in [-0.2, 0) is 6.54 Å². The molecule has 0 aliphatic carbocycles. The van der Waals surface area contributed by atoms with Crippen molar-refractivity contribution in [3.63, 3.8) is 0 Å². The quantitative estimate of drug-likeness (QED) is 0.885. The number of carbonyl (C=O) groups excluding carboxylic acids is 1. The second kappa shape index (κ2) is 6.16. The minimum atomic E-state index is -0.325. The van der Waals surface area contributed by atoms with Gasteiger partial charge in [0.25, 0.3) is 0 Å². The molecule has 0 unspecified atom stereocenters. The zero-order chi connectivity index (χ0) is 13.8. The molecule has 0 bridgehead atoms.